The summed E-state index contributed by atoms with van der Waals surface area (Å²) < 4.78 is 18.8. The van der Waals surface area contributed by atoms with Crippen LogP contribution in [0, 0.1) is 6.92 Å². The van der Waals surface area contributed by atoms with Crippen LogP contribution in [-0.4, -0.2) is 56.9 Å². The van der Waals surface area contributed by atoms with Crippen LogP contribution in [0.25, 0.3) is 33.6 Å². The van der Waals surface area contributed by atoms with Gasteiger partial charge in [0.2, 0.25) is 0 Å². The van der Waals surface area contributed by atoms with Crippen molar-refractivity contribution in [3.05, 3.63) is 59.9 Å². The van der Waals surface area contributed by atoms with Gasteiger partial charge in [0.25, 0.3) is 0 Å². The van der Waals surface area contributed by atoms with Crippen molar-refractivity contribution in [2.75, 3.05) is 21.3 Å². The van der Waals surface area contributed by atoms with Crippen LogP contribution in [0.4, 0.5) is 0 Å². The van der Waals surface area contributed by atoms with Gasteiger partial charge >= 0.3 is 5.97 Å². The Morgan fingerprint density at radius 2 is 1.53 bits per heavy atom. The maximum absolute atomic E-state index is 12.0. The third-order valence-corrected chi connectivity index (χ3v) is 5.62. The van der Waals surface area contributed by atoms with Gasteiger partial charge in [-0.2, -0.15) is 14.7 Å². The number of carbonyl (C=O) groups excluding carboxylic acids is 1. The van der Waals surface area contributed by atoms with Gasteiger partial charge in [0.1, 0.15) is 17.2 Å². The highest BCUT2D eigenvalue weighted by molar-refractivity contribution is 5.87. The molecule has 10 nitrogen and oxygen atoms in total. The van der Waals surface area contributed by atoms with E-state index in [4.69, 9.17) is 19.3 Å². The molecule has 0 aliphatic rings. The number of esters is 1. The molecule has 0 N–H and O–H groups in total. The maximum atomic E-state index is 12.0. The number of aromatic nitrogens is 6. The van der Waals surface area contributed by atoms with Crippen molar-refractivity contribution in [1.29, 1.82) is 0 Å². The van der Waals surface area contributed by atoms with Crippen molar-refractivity contribution in [2.24, 2.45) is 0 Å². The van der Waals surface area contributed by atoms with E-state index in [1.165, 1.54) is 7.11 Å². The summed E-state index contributed by atoms with van der Waals surface area (Å²) in [6.07, 6.45) is -0.0398. The number of ether oxygens (including phenoxy) is 3. The largest absolute Gasteiger partial charge is 0.497 e. The first kappa shape index (κ1) is 21.4. The summed E-state index contributed by atoms with van der Waals surface area (Å²) in [5.74, 6) is 1.06. The van der Waals surface area contributed by atoms with E-state index in [9.17, 15) is 4.79 Å². The molecule has 3 heterocycles. The highest BCUT2D eigenvalue weighted by Crippen LogP contribution is 2.31. The van der Waals surface area contributed by atoms with E-state index in [1.807, 2.05) is 55.5 Å². The Kier molecular flexibility index (Phi) is 5.33. The van der Waals surface area contributed by atoms with Crippen molar-refractivity contribution >= 4 is 22.8 Å². The monoisotopic (exact) mass is 458 g/mol. The molecular formula is C24H22N6O4. The van der Waals surface area contributed by atoms with Crippen molar-refractivity contribution in [2.45, 2.75) is 13.3 Å². The average molecular weight is 458 g/mol. The number of hydrogen-bond donors (Lipinski definition) is 0. The summed E-state index contributed by atoms with van der Waals surface area (Å²) >= 11 is 0. The molecule has 5 aromatic rings. The lowest BCUT2D eigenvalue weighted by molar-refractivity contribution is -0.139. The van der Waals surface area contributed by atoms with Crippen molar-refractivity contribution in [1.82, 2.24) is 29.6 Å². The predicted octanol–water partition coefficient (Wildman–Crippen LogP) is 3.17. The number of hydrogen-bond acceptors (Lipinski definition) is 8. The minimum Gasteiger partial charge on any atom is -0.497 e. The first-order valence-electron chi connectivity index (χ1n) is 10.5. The molecule has 34 heavy (non-hydrogen) atoms. The fraction of sp³-hybridized carbons (Fsp3) is 0.208. The van der Waals surface area contributed by atoms with E-state index in [-0.39, 0.29) is 6.42 Å². The van der Waals surface area contributed by atoms with Crippen molar-refractivity contribution in [3.8, 4) is 28.3 Å². The number of aryl methyl sites for hydroxylation is 1. The van der Waals surface area contributed by atoms with Crippen molar-refractivity contribution in [3.63, 3.8) is 0 Å². The van der Waals surface area contributed by atoms with Crippen molar-refractivity contribution < 1.29 is 19.0 Å². The SMILES string of the molecule is COC(=O)Cc1nn(-c2ccc(OC)cc2)c2c1nnc1c(-c3ccc(OC)cc3)c(C)nn12. The Hall–Kier alpha value is -4.47. The molecule has 0 atom stereocenters. The lowest BCUT2D eigenvalue weighted by Gasteiger charge is -2.06. The molecule has 172 valence electrons. The van der Waals surface area contributed by atoms with Gasteiger partial charge in [-0.05, 0) is 48.9 Å². The molecule has 0 unspecified atom stereocenters. The second-order valence-corrected chi connectivity index (χ2v) is 7.61. The Labute approximate surface area is 194 Å². The lowest BCUT2D eigenvalue weighted by Crippen LogP contribution is -2.06. The Morgan fingerprint density at radius 3 is 2.15 bits per heavy atom. The molecule has 0 bridgehead atoms. The van der Waals surface area contributed by atoms with Crippen LogP contribution >= 0.6 is 0 Å². The van der Waals surface area contributed by atoms with E-state index < -0.39 is 5.97 Å². The second-order valence-electron chi connectivity index (χ2n) is 7.61. The molecule has 0 aliphatic heterocycles. The van der Waals surface area contributed by atoms with Crippen LogP contribution in [0.3, 0.4) is 0 Å². The molecule has 2 aromatic carbocycles. The fourth-order valence-corrected chi connectivity index (χ4v) is 3.92. The first-order valence-corrected chi connectivity index (χ1v) is 10.5. The van der Waals surface area contributed by atoms with Gasteiger partial charge in [-0.15, -0.1) is 10.2 Å². The molecule has 0 spiro atoms. The number of methoxy groups -OCH3 is 3. The fourth-order valence-electron chi connectivity index (χ4n) is 3.92. The third-order valence-electron chi connectivity index (χ3n) is 5.62. The summed E-state index contributed by atoms with van der Waals surface area (Å²) in [5.41, 5.74) is 5.43. The van der Waals surface area contributed by atoms with E-state index in [0.29, 0.717) is 22.5 Å². The van der Waals surface area contributed by atoms with Crippen LogP contribution in [0.15, 0.2) is 48.5 Å². The zero-order chi connectivity index (χ0) is 23.8. The summed E-state index contributed by atoms with van der Waals surface area (Å²) in [7, 11) is 4.58. The normalized spacial score (nSPS) is 11.2. The Bertz CT molecular complexity index is 1500. The van der Waals surface area contributed by atoms with Gasteiger partial charge in [-0.1, -0.05) is 12.1 Å². The van der Waals surface area contributed by atoms with Crippen LogP contribution in [0.5, 0.6) is 11.5 Å². The van der Waals surface area contributed by atoms with Gasteiger partial charge in [0.15, 0.2) is 16.8 Å². The van der Waals surface area contributed by atoms with Crippen LogP contribution in [0.1, 0.15) is 11.4 Å². The zero-order valence-electron chi connectivity index (χ0n) is 19.1. The zero-order valence-corrected chi connectivity index (χ0v) is 19.1. The van der Waals surface area contributed by atoms with Gasteiger partial charge in [-0.3, -0.25) is 4.79 Å². The quantitative estimate of drug-likeness (QED) is 0.357. The molecule has 0 aliphatic carbocycles. The number of fused-ring (bicyclic) bond motifs is 3. The number of rotatable bonds is 6. The molecule has 0 fully saturated rings. The maximum Gasteiger partial charge on any atom is 0.311 e. The van der Waals surface area contributed by atoms with Crippen LogP contribution in [0.2, 0.25) is 0 Å². The molecule has 5 rings (SSSR count). The van der Waals surface area contributed by atoms with Gasteiger partial charge in [0.05, 0.1) is 44.7 Å². The summed E-state index contributed by atoms with van der Waals surface area (Å²) in [4.78, 5) is 12.0. The minimum atomic E-state index is -0.418. The number of nitrogens with zero attached hydrogens (tertiary/aromatic N) is 6. The molecule has 0 radical (unpaired) electrons. The number of carbonyl (C=O) groups is 1. The molecule has 3 aromatic heterocycles. The highest BCUT2D eigenvalue weighted by atomic mass is 16.5. The van der Waals surface area contributed by atoms with Crippen LogP contribution in [-0.2, 0) is 16.0 Å². The Balaban J connectivity index is 1.77. The third kappa shape index (κ3) is 3.49. The van der Waals surface area contributed by atoms with E-state index in [2.05, 4.69) is 15.3 Å². The smallest absolute Gasteiger partial charge is 0.311 e. The molecule has 0 saturated carbocycles. The lowest BCUT2D eigenvalue weighted by atomic mass is 10.1. The standard InChI is InChI=1S/C24H22N6O4/c1-14-21(15-5-9-17(32-2)10-6-15)23-26-25-22-19(13-20(31)34-4)28-29(24(22)30(23)27-14)16-7-11-18(33-3)12-8-16/h5-12H,13H2,1-4H3. The average Bonchev–Trinajstić information content (AvgIpc) is 3.41. The molecule has 10 heteroatoms. The van der Waals surface area contributed by atoms with E-state index >= 15 is 0 Å². The van der Waals surface area contributed by atoms with Gasteiger partial charge in [0, 0.05) is 0 Å². The number of benzene rings is 2. The molecule has 0 saturated heterocycles. The predicted molar refractivity (Wildman–Crippen MR) is 124 cm³/mol. The molecule has 0 amide bonds. The first-order chi connectivity index (χ1) is 16.5. The summed E-state index contributed by atoms with van der Waals surface area (Å²) in [5, 5.41) is 18.4. The van der Waals surface area contributed by atoms with Gasteiger partial charge in [-0.25, -0.2) is 4.68 Å². The highest BCUT2D eigenvalue weighted by Gasteiger charge is 2.23. The second kappa shape index (κ2) is 8.47. The van der Waals surface area contributed by atoms with E-state index in [0.717, 1.165) is 34.0 Å². The molecular weight excluding hydrogens is 436 g/mol. The topological polar surface area (TPSA) is 106 Å². The van der Waals surface area contributed by atoms with Gasteiger partial charge < -0.3 is 14.2 Å². The summed E-state index contributed by atoms with van der Waals surface area (Å²) in [6.45, 7) is 1.92. The van der Waals surface area contributed by atoms with E-state index in [1.54, 1.807) is 23.4 Å². The Morgan fingerprint density at radius 1 is 0.882 bits per heavy atom. The van der Waals surface area contributed by atoms with Crippen LogP contribution < -0.4 is 9.47 Å². The minimum absolute atomic E-state index is 0.0398. The summed E-state index contributed by atoms with van der Waals surface area (Å²) in [6, 6.07) is 15.1.